The summed E-state index contributed by atoms with van der Waals surface area (Å²) in [6.45, 7) is 2.67. The Bertz CT molecular complexity index is 473. The van der Waals surface area contributed by atoms with Gasteiger partial charge in [-0.05, 0) is 18.1 Å². The molecule has 1 atom stereocenters. The third-order valence-corrected chi connectivity index (χ3v) is 4.95. The van der Waals surface area contributed by atoms with E-state index in [2.05, 4.69) is 6.92 Å². The number of benzene rings is 1. The van der Waals surface area contributed by atoms with Gasteiger partial charge < -0.3 is 0 Å². The molecule has 0 bridgehead atoms. The maximum atomic E-state index is 12.2. The first-order chi connectivity index (χ1) is 9.24. The molecule has 0 radical (unpaired) electrons. The Balaban J connectivity index is 1.84. The molecule has 0 aliphatic carbocycles. The smallest absolute Gasteiger partial charge is 0.234 e. The molecule has 1 aliphatic rings. The monoisotopic (exact) mass is 279 g/mol. The lowest BCUT2D eigenvalue weighted by molar-refractivity contribution is -0.126. The Morgan fingerprint density at radius 1 is 1.21 bits per heavy atom. The van der Waals surface area contributed by atoms with E-state index in [4.69, 9.17) is 0 Å². The third-order valence-electron chi connectivity index (χ3n) is 3.45. The van der Waals surface area contributed by atoms with E-state index in [0.29, 0.717) is 13.0 Å². The highest BCUT2D eigenvalue weighted by Crippen LogP contribution is 2.27. The molecule has 3 nitrogen and oxygen atoms in total. The predicted molar refractivity (Wildman–Crippen MR) is 76.8 cm³/mol. The van der Waals surface area contributed by atoms with Crippen molar-refractivity contribution in [1.29, 1.82) is 0 Å². The van der Waals surface area contributed by atoms with Crippen LogP contribution >= 0.6 is 0 Å². The summed E-state index contributed by atoms with van der Waals surface area (Å²) in [5, 5.41) is 0. The van der Waals surface area contributed by atoms with Crippen LogP contribution in [0.5, 0.6) is 0 Å². The number of unbranched alkanes of at least 4 members (excludes halogenated alkanes) is 4. The van der Waals surface area contributed by atoms with Gasteiger partial charge in [-0.2, -0.15) is 0 Å². The van der Waals surface area contributed by atoms with Crippen molar-refractivity contribution in [2.45, 2.75) is 56.9 Å². The molecular formula is C15H21NO2S. The summed E-state index contributed by atoms with van der Waals surface area (Å²) in [5.41, 5.74) is 1.01. The maximum Gasteiger partial charge on any atom is 0.234 e. The van der Waals surface area contributed by atoms with E-state index in [9.17, 15) is 9.00 Å². The van der Waals surface area contributed by atoms with E-state index in [-0.39, 0.29) is 5.91 Å². The van der Waals surface area contributed by atoms with Crippen LogP contribution in [-0.2, 0) is 22.3 Å². The molecule has 0 saturated carbocycles. The maximum absolute atomic E-state index is 12.2. The second kappa shape index (κ2) is 6.85. The number of carbonyl (C=O) groups is 1. The van der Waals surface area contributed by atoms with Crippen molar-refractivity contribution < 1.29 is 9.00 Å². The summed E-state index contributed by atoms with van der Waals surface area (Å²) in [4.78, 5) is 12.9. The number of carbonyl (C=O) groups excluding carboxylic acids is 1. The van der Waals surface area contributed by atoms with Crippen LogP contribution < -0.4 is 0 Å². The van der Waals surface area contributed by atoms with Crippen molar-refractivity contribution in [1.82, 2.24) is 4.31 Å². The fraction of sp³-hybridized carbons (Fsp3) is 0.533. The van der Waals surface area contributed by atoms with Gasteiger partial charge in [-0.1, -0.05) is 50.8 Å². The summed E-state index contributed by atoms with van der Waals surface area (Å²) >= 11 is 0. The van der Waals surface area contributed by atoms with Crippen LogP contribution in [0.25, 0.3) is 0 Å². The van der Waals surface area contributed by atoms with E-state index >= 15 is 0 Å². The van der Waals surface area contributed by atoms with Crippen LogP contribution in [0.1, 0.15) is 51.0 Å². The lowest BCUT2D eigenvalue weighted by atomic mass is 10.1. The highest BCUT2D eigenvalue weighted by Gasteiger charge is 2.29. The van der Waals surface area contributed by atoms with Crippen LogP contribution in [0.4, 0.5) is 0 Å². The van der Waals surface area contributed by atoms with Gasteiger partial charge in [-0.15, -0.1) is 0 Å². The minimum atomic E-state index is -1.29. The van der Waals surface area contributed by atoms with Gasteiger partial charge in [0.05, 0.1) is 11.4 Å². The van der Waals surface area contributed by atoms with Crippen molar-refractivity contribution in [3.63, 3.8) is 0 Å². The minimum absolute atomic E-state index is 0.0195. The van der Waals surface area contributed by atoms with E-state index in [0.717, 1.165) is 23.3 Å². The lowest BCUT2D eigenvalue weighted by Gasteiger charge is -2.13. The summed E-state index contributed by atoms with van der Waals surface area (Å²) < 4.78 is 13.7. The molecule has 0 aromatic heterocycles. The fourth-order valence-electron chi connectivity index (χ4n) is 2.32. The molecule has 2 rings (SSSR count). The van der Waals surface area contributed by atoms with Crippen molar-refractivity contribution in [2.24, 2.45) is 0 Å². The van der Waals surface area contributed by atoms with Crippen molar-refractivity contribution in [3.8, 4) is 0 Å². The predicted octanol–water partition coefficient (Wildman–Crippen LogP) is 3.41. The Morgan fingerprint density at radius 2 is 1.95 bits per heavy atom. The number of hydrogen-bond donors (Lipinski definition) is 0. The van der Waals surface area contributed by atoms with Gasteiger partial charge in [0.1, 0.15) is 0 Å². The van der Waals surface area contributed by atoms with Gasteiger partial charge in [-0.25, -0.2) is 4.21 Å². The van der Waals surface area contributed by atoms with Gasteiger partial charge in [-0.3, -0.25) is 9.10 Å². The number of fused-ring (bicyclic) bond motifs is 1. The van der Waals surface area contributed by atoms with E-state index < -0.39 is 11.0 Å². The molecule has 104 valence electrons. The van der Waals surface area contributed by atoms with Crippen LogP contribution in [0.2, 0.25) is 0 Å². The standard InChI is InChI=1S/C15H21NO2S/c1-2-3-4-5-6-11-15(17)16-12-13-9-7-8-10-14(13)19(16)18/h7-10H,2-6,11-12H2,1H3. The zero-order chi connectivity index (χ0) is 13.7. The first-order valence-electron chi connectivity index (χ1n) is 7.04. The number of nitrogens with zero attached hydrogens (tertiary/aromatic N) is 1. The lowest BCUT2D eigenvalue weighted by Crippen LogP contribution is -2.27. The molecule has 1 amide bonds. The van der Waals surface area contributed by atoms with E-state index in [1.54, 1.807) is 0 Å². The quantitative estimate of drug-likeness (QED) is 0.748. The molecule has 1 aromatic rings. The summed E-state index contributed by atoms with van der Waals surface area (Å²) in [5.74, 6) is 0.0195. The molecule has 1 heterocycles. The summed E-state index contributed by atoms with van der Waals surface area (Å²) in [6, 6.07) is 7.59. The fourth-order valence-corrected chi connectivity index (χ4v) is 3.64. The van der Waals surface area contributed by atoms with Crippen molar-refractivity contribution in [2.75, 3.05) is 0 Å². The van der Waals surface area contributed by atoms with Gasteiger partial charge in [0.25, 0.3) is 0 Å². The highest BCUT2D eigenvalue weighted by atomic mass is 32.2. The Kier molecular flexibility index (Phi) is 5.14. The van der Waals surface area contributed by atoms with Gasteiger partial charge >= 0.3 is 0 Å². The first-order valence-corrected chi connectivity index (χ1v) is 8.15. The SMILES string of the molecule is CCCCCCCC(=O)N1Cc2ccccc2S1=O. The van der Waals surface area contributed by atoms with Crippen LogP contribution in [-0.4, -0.2) is 14.4 Å². The molecule has 0 spiro atoms. The molecule has 1 aromatic carbocycles. The molecule has 4 heteroatoms. The number of amides is 1. The molecule has 0 fully saturated rings. The van der Waals surface area contributed by atoms with Gasteiger partial charge in [0, 0.05) is 6.42 Å². The second-order valence-corrected chi connectivity index (χ2v) is 6.33. The molecule has 1 aliphatic heterocycles. The third kappa shape index (κ3) is 3.44. The second-order valence-electron chi connectivity index (χ2n) is 4.95. The number of hydrogen-bond acceptors (Lipinski definition) is 2. The normalized spacial score (nSPS) is 17.5. The summed E-state index contributed by atoms with van der Waals surface area (Å²) in [7, 11) is -1.29. The highest BCUT2D eigenvalue weighted by molar-refractivity contribution is 7.83. The van der Waals surface area contributed by atoms with Gasteiger partial charge in [0.2, 0.25) is 5.91 Å². The Hall–Kier alpha value is -1.16. The van der Waals surface area contributed by atoms with Crippen LogP contribution in [0.3, 0.4) is 0 Å². The minimum Gasteiger partial charge on any atom is -0.274 e. The first kappa shape index (κ1) is 14.3. The molecule has 0 saturated heterocycles. The molecule has 1 unspecified atom stereocenters. The molecule has 0 N–H and O–H groups in total. The zero-order valence-electron chi connectivity index (χ0n) is 11.4. The molecular weight excluding hydrogens is 258 g/mol. The average Bonchev–Trinajstić information content (AvgIpc) is 2.76. The Labute approximate surface area is 117 Å². The topological polar surface area (TPSA) is 37.4 Å². The van der Waals surface area contributed by atoms with Crippen LogP contribution in [0.15, 0.2) is 29.2 Å². The van der Waals surface area contributed by atoms with Crippen LogP contribution in [0, 0.1) is 0 Å². The number of rotatable bonds is 6. The molecule has 19 heavy (non-hydrogen) atoms. The average molecular weight is 279 g/mol. The van der Waals surface area contributed by atoms with Crippen molar-refractivity contribution in [3.05, 3.63) is 29.8 Å². The summed E-state index contributed by atoms with van der Waals surface area (Å²) in [6.07, 6.45) is 6.14. The van der Waals surface area contributed by atoms with E-state index in [1.165, 1.54) is 23.6 Å². The van der Waals surface area contributed by atoms with Crippen molar-refractivity contribution >= 4 is 16.9 Å². The Morgan fingerprint density at radius 3 is 2.68 bits per heavy atom. The van der Waals surface area contributed by atoms with Gasteiger partial charge in [0.15, 0.2) is 11.0 Å². The zero-order valence-corrected chi connectivity index (χ0v) is 12.2. The van der Waals surface area contributed by atoms with E-state index in [1.807, 2.05) is 24.3 Å². The largest absolute Gasteiger partial charge is 0.274 e.